The van der Waals surface area contributed by atoms with Crippen LogP contribution in [0.15, 0.2) is 23.8 Å². The van der Waals surface area contributed by atoms with Gasteiger partial charge in [-0.25, -0.2) is 4.79 Å². The zero-order chi connectivity index (χ0) is 10.0. The Morgan fingerprint density at radius 3 is 3.40 bits per heavy atom. The van der Waals surface area contributed by atoms with Crippen molar-refractivity contribution >= 4 is 5.97 Å². The molecule has 4 rings (SSSR count). The number of carbonyl (C=O) groups is 1. The van der Waals surface area contributed by atoms with Gasteiger partial charge < -0.3 is 4.74 Å². The van der Waals surface area contributed by atoms with E-state index in [9.17, 15) is 4.79 Å². The molecule has 15 heavy (non-hydrogen) atoms. The van der Waals surface area contributed by atoms with E-state index in [0.29, 0.717) is 12.1 Å². The van der Waals surface area contributed by atoms with Gasteiger partial charge in [0.25, 0.3) is 0 Å². The van der Waals surface area contributed by atoms with Crippen LogP contribution < -0.4 is 0 Å². The summed E-state index contributed by atoms with van der Waals surface area (Å²) in [7, 11) is 0. The summed E-state index contributed by atoms with van der Waals surface area (Å²) >= 11 is 0. The average molecular weight is 203 g/mol. The molecule has 0 unspecified atom stereocenters. The zero-order valence-electron chi connectivity index (χ0n) is 8.48. The highest BCUT2D eigenvalue weighted by molar-refractivity contribution is 5.88. The third-order valence-electron chi connectivity index (χ3n) is 4.31. The quantitative estimate of drug-likeness (QED) is 0.550. The lowest BCUT2D eigenvalue weighted by Crippen LogP contribution is -2.42. The lowest BCUT2D eigenvalue weighted by Gasteiger charge is -2.31. The molecule has 0 aromatic heterocycles. The number of nitrogens with zero attached hydrogens (tertiary/aromatic N) is 1. The number of esters is 1. The van der Waals surface area contributed by atoms with Gasteiger partial charge in [-0.1, -0.05) is 12.2 Å². The number of carbonyl (C=O) groups excluding carboxylic acids is 1. The number of hydrogen-bond donors (Lipinski definition) is 0. The maximum absolute atomic E-state index is 11.4. The second-order valence-corrected chi connectivity index (χ2v) is 4.94. The third-order valence-corrected chi connectivity index (χ3v) is 4.31. The minimum atomic E-state index is -0.271. The molecule has 3 aliphatic heterocycles. The first-order valence-corrected chi connectivity index (χ1v) is 5.69. The van der Waals surface area contributed by atoms with Gasteiger partial charge in [0.15, 0.2) is 5.60 Å². The minimum absolute atomic E-state index is 0.149. The normalized spacial score (nSPS) is 46.4. The van der Waals surface area contributed by atoms with Gasteiger partial charge in [-0.05, 0) is 19.4 Å². The summed E-state index contributed by atoms with van der Waals surface area (Å²) in [5.41, 5.74) is 0.839. The maximum atomic E-state index is 11.4. The van der Waals surface area contributed by atoms with E-state index in [1.807, 2.05) is 0 Å². The van der Waals surface area contributed by atoms with Crippen molar-refractivity contribution in [1.29, 1.82) is 0 Å². The molecule has 0 saturated carbocycles. The van der Waals surface area contributed by atoms with Crippen molar-refractivity contribution < 1.29 is 9.53 Å². The van der Waals surface area contributed by atoms with Gasteiger partial charge in [0, 0.05) is 24.1 Å². The van der Waals surface area contributed by atoms with E-state index in [2.05, 4.69) is 17.1 Å². The summed E-state index contributed by atoms with van der Waals surface area (Å²) in [5, 5.41) is 0. The molecule has 1 aliphatic carbocycles. The van der Waals surface area contributed by atoms with E-state index in [1.54, 1.807) is 6.08 Å². The van der Waals surface area contributed by atoms with Crippen LogP contribution in [0.4, 0.5) is 0 Å². The van der Waals surface area contributed by atoms with Gasteiger partial charge in [0.2, 0.25) is 0 Å². The lowest BCUT2D eigenvalue weighted by molar-refractivity contribution is -0.147. The molecule has 3 nitrogen and oxygen atoms in total. The van der Waals surface area contributed by atoms with Crippen molar-refractivity contribution in [3.8, 4) is 0 Å². The monoisotopic (exact) mass is 203 g/mol. The fourth-order valence-electron chi connectivity index (χ4n) is 3.77. The molecule has 1 spiro atoms. The van der Waals surface area contributed by atoms with Gasteiger partial charge in [0.05, 0.1) is 6.04 Å². The Bertz CT molecular complexity index is 412. The number of fused-ring (bicyclic) bond motifs is 3. The Morgan fingerprint density at radius 1 is 1.53 bits per heavy atom. The summed E-state index contributed by atoms with van der Waals surface area (Å²) in [5.74, 6) is -0.149. The largest absolute Gasteiger partial charge is 0.449 e. The Morgan fingerprint density at radius 2 is 2.47 bits per heavy atom. The molecular weight excluding hydrogens is 190 g/mol. The van der Waals surface area contributed by atoms with E-state index in [0.717, 1.165) is 18.5 Å². The smallest absolute Gasteiger partial charge is 0.332 e. The van der Waals surface area contributed by atoms with Crippen LogP contribution >= 0.6 is 0 Å². The summed E-state index contributed by atoms with van der Waals surface area (Å²) in [6.45, 7) is 1.16. The Hall–Kier alpha value is -1.09. The van der Waals surface area contributed by atoms with E-state index in [1.165, 1.54) is 12.8 Å². The first kappa shape index (κ1) is 8.11. The molecule has 0 N–H and O–H groups in total. The van der Waals surface area contributed by atoms with Gasteiger partial charge in [0.1, 0.15) is 0 Å². The SMILES string of the molecule is O=C1C=C2C=C[C@H]3C[C@@]2(O1)[C@H]1CCCN31. The standard InChI is InChI=1S/C12H13NO2/c14-11-6-8-3-4-9-7-12(8,15-11)10-2-1-5-13(9)10/h3-4,6,9-10H,1-2,5,7H2/t9-,10+,12-/m0/s1. The molecular formula is C12H13NO2. The molecule has 2 fully saturated rings. The zero-order valence-corrected chi connectivity index (χ0v) is 8.48. The molecule has 0 aromatic rings. The first-order valence-electron chi connectivity index (χ1n) is 5.69. The van der Waals surface area contributed by atoms with Crippen molar-refractivity contribution in [2.45, 2.75) is 36.9 Å². The van der Waals surface area contributed by atoms with Crippen molar-refractivity contribution in [3.05, 3.63) is 23.8 Å². The van der Waals surface area contributed by atoms with E-state index in [4.69, 9.17) is 4.74 Å². The molecule has 78 valence electrons. The first-order chi connectivity index (χ1) is 7.29. The van der Waals surface area contributed by atoms with Crippen LogP contribution in [0.5, 0.6) is 0 Å². The predicted octanol–water partition coefficient (Wildman–Crippen LogP) is 1.01. The van der Waals surface area contributed by atoms with E-state index < -0.39 is 0 Å². The molecule has 2 saturated heterocycles. The highest BCUT2D eigenvalue weighted by Gasteiger charge is 2.60. The molecule has 4 aliphatic rings. The van der Waals surface area contributed by atoms with Crippen LogP contribution in [0.25, 0.3) is 0 Å². The van der Waals surface area contributed by atoms with E-state index in [-0.39, 0.29) is 11.6 Å². The number of ether oxygens (including phenoxy) is 1. The van der Waals surface area contributed by atoms with Crippen molar-refractivity contribution in [1.82, 2.24) is 4.90 Å². The molecule has 3 heteroatoms. The van der Waals surface area contributed by atoms with Gasteiger partial charge in [-0.15, -0.1) is 0 Å². The highest BCUT2D eigenvalue weighted by atomic mass is 16.6. The summed E-state index contributed by atoms with van der Waals surface area (Å²) < 4.78 is 5.63. The van der Waals surface area contributed by atoms with Crippen LogP contribution in [-0.4, -0.2) is 35.1 Å². The summed E-state index contributed by atoms with van der Waals surface area (Å²) in [4.78, 5) is 13.9. The Kier molecular flexibility index (Phi) is 1.27. The molecule has 0 radical (unpaired) electrons. The second-order valence-electron chi connectivity index (χ2n) is 4.94. The van der Waals surface area contributed by atoms with Gasteiger partial charge in [-0.2, -0.15) is 0 Å². The molecule has 3 heterocycles. The molecule has 3 atom stereocenters. The summed E-state index contributed by atoms with van der Waals surface area (Å²) in [6, 6.07) is 0.941. The third kappa shape index (κ3) is 0.797. The molecule has 2 bridgehead atoms. The van der Waals surface area contributed by atoms with Crippen molar-refractivity contribution in [3.63, 3.8) is 0 Å². The van der Waals surface area contributed by atoms with Crippen molar-refractivity contribution in [2.24, 2.45) is 0 Å². The van der Waals surface area contributed by atoms with Crippen LogP contribution in [0, 0.1) is 0 Å². The van der Waals surface area contributed by atoms with Crippen LogP contribution in [0.3, 0.4) is 0 Å². The van der Waals surface area contributed by atoms with Crippen LogP contribution in [-0.2, 0) is 9.53 Å². The molecule has 0 aromatic carbocycles. The van der Waals surface area contributed by atoms with Crippen LogP contribution in [0.2, 0.25) is 0 Å². The average Bonchev–Trinajstić information content (AvgIpc) is 2.82. The fraction of sp³-hybridized carbons (Fsp3) is 0.583. The topological polar surface area (TPSA) is 29.5 Å². The maximum Gasteiger partial charge on any atom is 0.332 e. The number of hydrogen-bond acceptors (Lipinski definition) is 3. The lowest BCUT2D eigenvalue weighted by atomic mass is 9.81. The highest BCUT2D eigenvalue weighted by Crippen LogP contribution is 2.51. The van der Waals surface area contributed by atoms with Gasteiger partial charge in [-0.3, -0.25) is 4.90 Å². The van der Waals surface area contributed by atoms with Crippen LogP contribution in [0.1, 0.15) is 19.3 Å². The van der Waals surface area contributed by atoms with Gasteiger partial charge >= 0.3 is 5.97 Å². The molecule has 0 amide bonds. The fourth-order valence-corrected chi connectivity index (χ4v) is 3.77. The Balaban J connectivity index is 1.89. The summed E-state index contributed by atoms with van der Waals surface area (Å²) in [6.07, 6.45) is 9.39. The Labute approximate surface area is 88.4 Å². The second kappa shape index (κ2) is 2.35. The van der Waals surface area contributed by atoms with Crippen molar-refractivity contribution in [2.75, 3.05) is 6.54 Å². The minimum Gasteiger partial charge on any atom is -0.449 e. The van der Waals surface area contributed by atoms with E-state index >= 15 is 0 Å². The predicted molar refractivity (Wildman–Crippen MR) is 54.2 cm³/mol. The number of rotatable bonds is 0.